The van der Waals surface area contributed by atoms with Crippen LogP contribution in [0.15, 0.2) is 24.3 Å². The Bertz CT molecular complexity index is 525. The van der Waals surface area contributed by atoms with E-state index in [-0.39, 0.29) is 5.91 Å². The van der Waals surface area contributed by atoms with E-state index in [1.165, 1.54) is 6.42 Å². The number of likely N-dealkylation sites (tertiary alicyclic amines) is 1. The van der Waals surface area contributed by atoms with Crippen molar-refractivity contribution in [3.8, 4) is 6.07 Å². The molecule has 1 fully saturated rings. The first-order valence-corrected chi connectivity index (χ1v) is 7.59. The molecule has 0 saturated carbocycles. The number of carbonyl (C=O) groups excluding carboxylic acids is 1. The second kappa shape index (κ2) is 7.24. The van der Waals surface area contributed by atoms with Gasteiger partial charge in [-0.05, 0) is 36.5 Å². The van der Waals surface area contributed by atoms with E-state index < -0.39 is 0 Å². The van der Waals surface area contributed by atoms with Gasteiger partial charge in [0.15, 0.2) is 0 Å². The van der Waals surface area contributed by atoms with Crippen molar-refractivity contribution >= 4 is 11.6 Å². The molecular formula is C17H23N3O. The van der Waals surface area contributed by atoms with Crippen LogP contribution in [-0.4, -0.2) is 30.4 Å². The summed E-state index contributed by atoms with van der Waals surface area (Å²) in [5.41, 5.74) is 1.26. The normalized spacial score (nSPS) is 22.5. The van der Waals surface area contributed by atoms with Gasteiger partial charge in [0.1, 0.15) is 0 Å². The topological polar surface area (TPSA) is 56.1 Å². The monoisotopic (exact) mass is 285 g/mol. The minimum absolute atomic E-state index is 0.0102. The van der Waals surface area contributed by atoms with Gasteiger partial charge in [-0.3, -0.25) is 4.79 Å². The van der Waals surface area contributed by atoms with Gasteiger partial charge in [0, 0.05) is 31.7 Å². The Morgan fingerprint density at radius 3 is 2.76 bits per heavy atom. The number of carbonyl (C=O) groups is 1. The van der Waals surface area contributed by atoms with Crippen LogP contribution in [0.3, 0.4) is 0 Å². The molecule has 1 aliphatic rings. The number of hydrogen-bond acceptors (Lipinski definition) is 3. The van der Waals surface area contributed by atoms with Crippen LogP contribution in [0.2, 0.25) is 0 Å². The zero-order chi connectivity index (χ0) is 15.2. The number of nitrogens with one attached hydrogen (secondary N) is 1. The zero-order valence-electron chi connectivity index (χ0n) is 12.8. The molecule has 1 aromatic carbocycles. The van der Waals surface area contributed by atoms with Gasteiger partial charge in [0.05, 0.1) is 11.6 Å². The second-order valence-electron chi connectivity index (χ2n) is 6.20. The molecule has 0 bridgehead atoms. The Morgan fingerprint density at radius 2 is 2.10 bits per heavy atom. The standard InChI is InChI=1S/C17H23N3O/c1-13-8-14(2)12-20(11-13)7-6-17(21)19-16-5-3-4-15(9-16)10-18/h3-5,9,13-14H,6-8,11-12H2,1-2H3,(H,19,21). The highest BCUT2D eigenvalue weighted by atomic mass is 16.1. The molecule has 1 saturated heterocycles. The van der Waals surface area contributed by atoms with E-state index >= 15 is 0 Å². The molecule has 1 amide bonds. The first-order chi connectivity index (χ1) is 10.1. The Labute approximate surface area is 126 Å². The fourth-order valence-corrected chi connectivity index (χ4v) is 3.12. The van der Waals surface area contributed by atoms with E-state index in [0.29, 0.717) is 29.5 Å². The Balaban J connectivity index is 1.80. The molecule has 112 valence electrons. The Hall–Kier alpha value is -1.86. The van der Waals surface area contributed by atoms with Crippen molar-refractivity contribution in [2.24, 2.45) is 11.8 Å². The third kappa shape index (κ3) is 4.87. The molecule has 2 unspecified atom stereocenters. The quantitative estimate of drug-likeness (QED) is 0.925. The van der Waals surface area contributed by atoms with Crippen LogP contribution in [0, 0.1) is 23.2 Å². The maximum Gasteiger partial charge on any atom is 0.225 e. The molecule has 4 nitrogen and oxygen atoms in total. The Morgan fingerprint density at radius 1 is 1.38 bits per heavy atom. The molecule has 2 rings (SSSR count). The molecule has 1 heterocycles. The second-order valence-corrected chi connectivity index (χ2v) is 6.20. The van der Waals surface area contributed by atoms with Crippen molar-refractivity contribution in [2.45, 2.75) is 26.7 Å². The van der Waals surface area contributed by atoms with E-state index in [1.807, 2.05) is 6.07 Å². The molecule has 1 aromatic rings. The smallest absolute Gasteiger partial charge is 0.225 e. The van der Waals surface area contributed by atoms with E-state index in [4.69, 9.17) is 5.26 Å². The molecule has 1 aliphatic heterocycles. The van der Waals surface area contributed by atoms with Crippen LogP contribution >= 0.6 is 0 Å². The van der Waals surface area contributed by atoms with Gasteiger partial charge in [0.25, 0.3) is 0 Å². The van der Waals surface area contributed by atoms with Crippen molar-refractivity contribution < 1.29 is 4.79 Å². The first-order valence-electron chi connectivity index (χ1n) is 7.59. The summed E-state index contributed by atoms with van der Waals surface area (Å²) >= 11 is 0. The average molecular weight is 285 g/mol. The van der Waals surface area contributed by atoms with Gasteiger partial charge in [0.2, 0.25) is 5.91 Å². The maximum absolute atomic E-state index is 12.0. The number of rotatable bonds is 4. The summed E-state index contributed by atoms with van der Waals surface area (Å²) in [6, 6.07) is 9.09. The molecule has 21 heavy (non-hydrogen) atoms. The fraction of sp³-hybridized carbons (Fsp3) is 0.529. The number of anilines is 1. The van der Waals surface area contributed by atoms with Crippen LogP contribution in [0.4, 0.5) is 5.69 Å². The van der Waals surface area contributed by atoms with Gasteiger partial charge in [-0.15, -0.1) is 0 Å². The lowest BCUT2D eigenvalue weighted by atomic mass is 9.92. The van der Waals surface area contributed by atoms with E-state index in [1.54, 1.807) is 18.2 Å². The number of nitriles is 1. The van der Waals surface area contributed by atoms with Crippen LogP contribution in [0.5, 0.6) is 0 Å². The summed E-state index contributed by atoms with van der Waals surface area (Å²) in [5, 5.41) is 11.7. The molecule has 0 aliphatic carbocycles. The SMILES string of the molecule is CC1CC(C)CN(CCC(=O)Nc2cccc(C#N)c2)C1. The maximum atomic E-state index is 12.0. The molecule has 0 spiro atoms. The van der Waals surface area contributed by atoms with E-state index in [9.17, 15) is 4.79 Å². The first kappa shape index (κ1) is 15.5. The van der Waals surface area contributed by atoms with Crippen LogP contribution < -0.4 is 5.32 Å². The van der Waals surface area contributed by atoms with Crippen molar-refractivity contribution in [2.75, 3.05) is 25.0 Å². The van der Waals surface area contributed by atoms with E-state index in [2.05, 4.69) is 30.1 Å². The van der Waals surface area contributed by atoms with Crippen molar-refractivity contribution in [1.82, 2.24) is 4.90 Å². The minimum Gasteiger partial charge on any atom is -0.326 e. The van der Waals surface area contributed by atoms with Crippen LogP contribution in [-0.2, 0) is 4.79 Å². The van der Waals surface area contributed by atoms with Gasteiger partial charge in [-0.25, -0.2) is 0 Å². The third-order valence-corrected chi connectivity index (χ3v) is 3.88. The highest BCUT2D eigenvalue weighted by Crippen LogP contribution is 2.21. The number of benzene rings is 1. The predicted molar refractivity (Wildman–Crippen MR) is 83.8 cm³/mol. The van der Waals surface area contributed by atoms with Gasteiger partial charge < -0.3 is 10.2 Å². The summed E-state index contributed by atoms with van der Waals surface area (Å²) in [6.07, 6.45) is 1.78. The summed E-state index contributed by atoms with van der Waals surface area (Å²) < 4.78 is 0. The van der Waals surface area contributed by atoms with Gasteiger partial charge in [-0.2, -0.15) is 5.26 Å². The molecule has 2 atom stereocenters. The number of piperidine rings is 1. The molecule has 1 N–H and O–H groups in total. The lowest BCUT2D eigenvalue weighted by Crippen LogP contribution is -2.40. The van der Waals surface area contributed by atoms with Crippen molar-refractivity contribution in [1.29, 1.82) is 5.26 Å². The van der Waals surface area contributed by atoms with Gasteiger partial charge in [-0.1, -0.05) is 19.9 Å². The van der Waals surface area contributed by atoms with Gasteiger partial charge >= 0.3 is 0 Å². The summed E-state index contributed by atoms with van der Waals surface area (Å²) in [4.78, 5) is 14.4. The molecule has 0 aromatic heterocycles. The highest BCUT2D eigenvalue weighted by molar-refractivity contribution is 5.90. The third-order valence-electron chi connectivity index (χ3n) is 3.88. The highest BCUT2D eigenvalue weighted by Gasteiger charge is 2.21. The van der Waals surface area contributed by atoms with Crippen molar-refractivity contribution in [3.05, 3.63) is 29.8 Å². The van der Waals surface area contributed by atoms with Crippen LogP contribution in [0.1, 0.15) is 32.3 Å². The number of amides is 1. The lowest BCUT2D eigenvalue weighted by Gasteiger charge is -2.34. The van der Waals surface area contributed by atoms with E-state index in [0.717, 1.165) is 19.6 Å². The molecular weight excluding hydrogens is 262 g/mol. The Kier molecular flexibility index (Phi) is 5.35. The average Bonchev–Trinajstić information content (AvgIpc) is 2.44. The summed E-state index contributed by atoms with van der Waals surface area (Å²) in [5.74, 6) is 1.43. The summed E-state index contributed by atoms with van der Waals surface area (Å²) in [6.45, 7) is 7.52. The van der Waals surface area contributed by atoms with Crippen LogP contribution in [0.25, 0.3) is 0 Å². The summed E-state index contributed by atoms with van der Waals surface area (Å²) in [7, 11) is 0. The molecule has 4 heteroatoms. The minimum atomic E-state index is 0.0102. The molecule has 0 radical (unpaired) electrons. The number of hydrogen-bond donors (Lipinski definition) is 1. The lowest BCUT2D eigenvalue weighted by molar-refractivity contribution is -0.116. The predicted octanol–water partition coefficient (Wildman–Crippen LogP) is 2.86. The zero-order valence-corrected chi connectivity index (χ0v) is 12.8. The largest absolute Gasteiger partial charge is 0.326 e. The fourth-order valence-electron chi connectivity index (χ4n) is 3.12. The van der Waals surface area contributed by atoms with Crippen molar-refractivity contribution in [3.63, 3.8) is 0 Å². The number of nitrogens with zero attached hydrogens (tertiary/aromatic N) is 2.